The minimum Gasteiger partial charge on any atom is -0.391 e. The Balaban J connectivity index is 1.23. The van der Waals surface area contributed by atoms with Crippen LogP contribution in [0.4, 0.5) is 5.82 Å². The summed E-state index contributed by atoms with van der Waals surface area (Å²) in [6.45, 7) is 8.41. The maximum absolute atomic E-state index is 11.3. The maximum atomic E-state index is 11.3. The van der Waals surface area contributed by atoms with Crippen LogP contribution in [0.3, 0.4) is 0 Å². The molecule has 1 aromatic rings. The van der Waals surface area contributed by atoms with Crippen LogP contribution in [0.2, 0.25) is 0 Å². The summed E-state index contributed by atoms with van der Waals surface area (Å²) in [5, 5.41) is 14.8. The zero-order valence-electron chi connectivity index (χ0n) is 18.9. The third-order valence-electron chi connectivity index (χ3n) is 9.01. The summed E-state index contributed by atoms with van der Waals surface area (Å²) < 4.78 is 0. The predicted octanol–water partition coefficient (Wildman–Crippen LogP) is 4.26. The van der Waals surface area contributed by atoms with Gasteiger partial charge < -0.3 is 10.4 Å². The van der Waals surface area contributed by atoms with E-state index in [0.29, 0.717) is 6.54 Å². The molecule has 5 nitrogen and oxygen atoms in total. The van der Waals surface area contributed by atoms with Gasteiger partial charge in [-0.25, -0.2) is 9.97 Å². The molecule has 0 amide bonds. The highest BCUT2D eigenvalue weighted by molar-refractivity contribution is 5.47. The van der Waals surface area contributed by atoms with Crippen LogP contribution in [0.1, 0.15) is 76.5 Å². The molecule has 6 rings (SSSR count). The van der Waals surface area contributed by atoms with E-state index in [9.17, 15) is 5.11 Å². The fraction of sp³-hybridized carbons (Fsp3) is 0.840. The van der Waals surface area contributed by atoms with Gasteiger partial charge >= 0.3 is 0 Å². The van der Waals surface area contributed by atoms with Gasteiger partial charge in [-0.3, -0.25) is 4.90 Å². The number of nitrogens with one attached hydrogen (secondary N) is 1. The molecule has 2 N–H and O–H groups in total. The Kier molecular flexibility index (Phi) is 5.78. The second-order valence-corrected chi connectivity index (χ2v) is 11.0. The minimum atomic E-state index is -0.258. The van der Waals surface area contributed by atoms with Crippen molar-refractivity contribution >= 4 is 5.82 Å². The average Bonchev–Trinajstić information content (AvgIpc) is 2.74. The first-order chi connectivity index (χ1) is 14.6. The van der Waals surface area contributed by atoms with Crippen molar-refractivity contribution in [3.8, 4) is 0 Å². The lowest BCUT2D eigenvalue weighted by molar-refractivity contribution is -0.115. The van der Waals surface area contributed by atoms with E-state index >= 15 is 0 Å². The Bertz CT molecular complexity index is 711. The average molecular weight is 413 g/mol. The Morgan fingerprint density at radius 1 is 1.10 bits per heavy atom. The quantitative estimate of drug-likeness (QED) is 0.668. The first kappa shape index (κ1) is 20.7. The number of rotatable bonds is 8. The number of hydrogen-bond donors (Lipinski definition) is 2. The lowest BCUT2D eigenvalue weighted by Gasteiger charge is -2.58. The molecule has 1 unspecified atom stereocenters. The molecule has 0 radical (unpaired) electrons. The van der Waals surface area contributed by atoms with Crippen LogP contribution in [-0.2, 0) is 13.0 Å². The van der Waals surface area contributed by atoms with Crippen LogP contribution in [0.15, 0.2) is 6.33 Å². The first-order valence-electron chi connectivity index (χ1n) is 12.6. The molecule has 4 fully saturated rings. The largest absolute Gasteiger partial charge is 0.391 e. The molecule has 166 valence electrons. The lowest BCUT2D eigenvalue weighted by Crippen LogP contribution is -2.53. The van der Waals surface area contributed by atoms with Crippen molar-refractivity contribution in [1.82, 2.24) is 14.9 Å². The van der Waals surface area contributed by atoms with E-state index in [1.165, 1.54) is 69.2 Å². The van der Waals surface area contributed by atoms with Gasteiger partial charge in [0.15, 0.2) is 0 Å². The number of fused-ring (bicyclic) bond motifs is 1. The highest BCUT2D eigenvalue weighted by atomic mass is 16.3. The fourth-order valence-corrected chi connectivity index (χ4v) is 7.62. The molecule has 30 heavy (non-hydrogen) atoms. The number of anilines is 1. The molecule has 1 aromatic heterocycles. The molecule has 4 bridgehead atoms. The van der Waals surface area contributed by atoms with Gasteiger partial charge in [-0.05, 0) is 74.0 Å². The molecule has 4 aliphatic carbocycles. The third-order valence-corrected chi connectivity index (χ3v) is 9.01. The van der Waals surface area contributed by atoms with Gasteiger partial charge in [-0.1, -0.05) is 26.7 Å². The highest BCUT2D eigenvalue weighted by Gasteiger charge is 2.53. The fourth-order valence-electron chi connectivity index (χ4n) is 7.62. The highest BCUT2D eigenvalue weighted by Crippen LogP contribution is 2.61. The van der Waals surface area contributed by atoms with Crippen LogP contribution < -0.4 is 5.32 Å². The minimum absolute atomic E-state index is 0.168. The lowest BCUT2D eigenvalue weighted by atomic mass is 9.48. The van der Waals surface area contributed by atoms with Crippen LogP contribution in [0, 0.1) is 29.1 Å². The molecule has 4 saturated carbocycles. The van der Waals surface area contributed by atoms with Gasteiger partial charge in [0.2, 0.25) is 0 Å². The molecule has 1 atom stereocenters. The predicted molar refractivity (Wildman–Crippen MR) is 120 cm³/mol. The Hall–Kier alpha value is -1.20. The van der Waals surface area contributed by atoms with E-state index < -0.39 is 0 Å². The van der Waals surface area contributed by atoms with Crippen molar-refractivity contribution in [2.45, 2.75) is 84.3 Å². The second-order valence-electron chi connectivity index (χ2n) is 11.0. The first-order valence-corrected chi connectivity index (χ1v) is 12.6. The second kappa shape index (κ2) is 8.38. The normalized spacial score (nSPS) is 33.7. The summed E-state index contributed by atoms with van der Waals surface area (Å²) in [5.41, 5.74) is 2.62. The van der Waals surface area contributed by atoms with E-state index in [1.54, 1.807) is 6.33 Å². The van der Waals surface area contributed by atoms with Crippen LogP contribution in [0.5, 0.6) is 0 Å². The molecular weight excluding hydrogens is 372 g/mol. The molecule has 5 heteroatoms. The smallest absolute Gasteiger partial charge is 0.133 e. The van der Waals surface area contributed by atoms with Crippen molar-refractivity contribution in [2.75, 3.05) is 25.0 Å². The van der Waals surface area contributed by atoms with E-state index in [4.69, 9.17) is 0 Å². The summed E-state index contributed by atoms with van der Waals surface area (Å²) in [7, 11) is 0. The summed E-state index contributed by atoms with van der Waals surface area (Å²) >= 11 is 0. The van der Waals surface area contributed by atoms with Gasteiger partial charge in [0.05, 0.1) is 11.8 Å². The molecule has 2 heterocycles. The third kappa shape index (κ3) is 3.88. The van der Waals surface area contributed by atoms with E-state index in [-0.39, 0.29) is 11.5 Å². The van der Waals surface area contributed by atoms with E-state index in [0.717, 1.165) is 49.0 Å². The van der Waals surface area contributed by atoms with Crippen molar-refractivity contribution in [2.24, 2.45) is 29.1 Å². The van der Waals surface area contributed by atoms with Gasteiger partial charge in [0.1, 0.15) is 12.1 Å². The van der Waals surface area contributed by atoms with Crippen LogP contribution in [0.25, 0.3) is 0 Å². The topological polar surface area (TPSA) is 61.3 Å². The molecule has 0 spiro atoms. The summed E-state index contributed by atoms with van der Waals surface area (Å²) in [6, 6.07) is 0. The number of aliphatic hydroxyl groups is 1. The van der Waals surface area contributed by atoms with Crippen LogP contribution in [-0.4, -0.2) is 45.7 Å². The van der Waals surface area contributed by atoms with Crippen molar-refractivity contribution in [1.29, 1.82) is 0 Å². The Labute approximate surface area is 182 Å². The molecule has 5 aliphatic rings. The van der Waals surface area contributed by atoms with E-state index in [1.807, 2.05) is 0 Å². The Morgan fingerprint density at radius 3 is 2.40 bits per heavy atom. The number of aromatic nitrogens is 2. The summed E-state index contributed by atoms with van der Waals surface area (Å²) in [5.74, 6) is 4.36. The van der Waals surface area contributed by atoms with Gasteiger partial charge in [-0.2, -0.15) is 0 Å². The molecule has 0 aromatic carbocycles. The van der Waals surface area contributed by atoms with Gasteiger partial charge in [0.25, 0.3) is 0 Å². The zero-order chi connectivity index (χ0) is 20.7. The summed E-state index contributed by atoms with van der Waals surface area (Å²) in [4.78, 5) is 11.7. The number of aliphatic hydroxyl groups excluding tert-OH is 1. The monoisotopic (exact) mass is 412 g/mol. The Morgan fingerprint density at radius 2 is 1.77 bits per heavy atom. The molecule has 0 saturated heterocycles. The number of nitrogens with zero attached hydrogens (tertiary/aromatic N) is 3. The zero-order valence-corrected chi connectivity index (χ0v) is 18.9. The van der Waals surface area contributed by atoms with Gasteiger partial charge in [-0.15, -0.1) is 0 Å². The standard InChI is InChI=1S/C25H40N4O/c1-3-17(4-2)14-29-6-5-21-22(15-29)27-16-28-24(21)26-13-23(30)25-10-18-7-19(11-25)9-20(8-18)12-25/h16-20,23,30H,3-15H2,1-2H3,(H,26,27,28). The summed E-state index contributed by atoms with van der Waals surface area (Å²) in [6.07, 6.45) is 13.0. The van der Waals surface area contributed by atoms with E-state index in [2.05, 4.69) is 34.0 Å². The molecule has 1 aliphatic heterocycles. The molecular formula is C25H40N4O. The van der Waals surface area contributed by atoms with Crippen molar-refractivity contribution in [3.63, 3.8) is 0 Å². The SMILES string of the molecule is CCC(CC)CN1CCc2c(ncnc2NCC(O)C23CC4CC(CC(C4)C2)C3)C1. The van der Waals surface area contributed by atoms with Crippen molar-refractivity contribution < 1.29 is 5.11 Å². The van der Waals surface area contributed by atoms with Crippen molar-refractivity contribution in [3.05, 3.63) is 17.6 Å². The number of hydrogen-bond acceptors (Lipinski definition) is 5. The van der Waals surface area contributed by atoms with Crippen LogP contribution >= 0.6 is 0 Å². The maximum Gasteiger partial charge on any atom is 0.133 e. The van der Waals surface area contributed by atoms with Gasteiger partial charge in [0, 0.05) is 31.7 Å².